The van der Waals surface area contributed by atoms with E-state index in [4.69, 9.17) is 0 Å². The first-order valence-corrected chi connectivity index (χ1v) is 6.83. The smallest absolute Gasteiger partial charge is 0.177 e. The fraction of sp³-hybridized carbons (Fsp3) is 0.143. The second-order valence-electron chi connectivity index (χ2n) is 2.32. The van der Waals surface area contributed by atoms with Crippen LogP contribution in [0.15, 0.2) is 27.6 Å². The number of sulfone groups is 1. The van der Waals surface area contributed by atoms with Crippen molar-refractivity contribution < 1.29 is 8.42 Å². The van der Waals surface area contributed by atoms with E-state index in [1.807, 2.05) is 22.6 Å². The second-order valence-corrected chi connectivity index (χ2v) is 6.29. The minimum absolute atomic E-state index is 0.366. The number of hydrogen-bond acceptors (Lipinski definition) is 2. The molecule has 0 aliphatic rings. The Morgan fingerprint density at radius 2 is 2.00 bits per heavy atom. The summed E-state index contributed by atoms with van der Waals surface area (Å²) in [6.45, 7) is 0. The lowest BCUT2D eigenvalue weighted by molar-refractivity contribution is 0.601. The Hall–Kier alpha value is 0.380. The highest BCUT2D eigenvalue weighted by Gasteiger charge is 2.14. The zero-order valence-electron chi connectivity index (χ0n) is 6.21. The summed E-state index contributed by atoms with van der Waals surface area (Å²) in [6.07, 6.45) is 1.20. The van der Waals surface area contributed by atoms with E-state index in [0.29, 0.717) is 9.37 Å². The average Bonchev–Trinajstić information content (AvgIpc) is 1.82. The first kappa shape index (κ1) is 10.5. The lowest BCUT2D eigenvalue weighted by Crippen LogP contribution is -2.00. The lowest BCUT2D eigenvalue weighted by atomic mass is 10.4. The van der Waals surface area contributed by atoms with Gasteiger partial charge < -0.3 is 0 Å². The summed E-state index contributed by atoms with van der Waals surface area (Å²) >= 11 is 5.20. The van der Waals surface area contributed by atoms with Crippen molar-refractivity contribution >= 4 is 48.4 Å². The molecule has 0 amide bonds. The summed E-state index contributed by atoms with van der Waals surface area (Å²) in [5, 5.41) is 0. The molecule has 1 aromatic rings. The monoisotopic (exact) mass is 360 g/mol. The first-order valence-electron chi connectivity index (χ1n) is 3.07. The zero-order valence-corrected chi connectivity index (χ0v) is 10.8. The lowest BCUT2D eigenvalue weighted by Gasteiger charge is -2.03. The van der Waals surface area contributed by atoms with Gasteiger partial charge in [-0.15, -0.1) is 0 Å². The molecule has 0 aromatic heterocycles. The van der Waals surface area contributed by atoms with E-state index in [9.17, 15) is 8.42 Å². The van der Waals surface area contributed by atoms with Crippen molar-refractivity contribution in [1.29, 1.82) is 0 Å². The third-order valence-electron chi connectivity index (χ3n) is 1.29. The minimum atomic E-state index is -3.12. The van der Waals surface area contributed by atoms with E-state index >= 15 is 0 Å². The Balaban J connectivity index is 3.53. The Morgan fingerprint density at radius 3 is 2.33 bits per heavy atom. The van der Waals surface area contributed by atoms with Gasteiger partial charge in [0.1, 0.15) is 0 Å². The van der Waals surface area contributed by atoms with Crippen molar-refractivity contribution in [3.63, 3.8) is 0 Å². The van der Waals surface area contributed by atoms with Crippen molar-refractivity contribution in [3.05, 3.63) is 26.2 Å². The SMILES string of the molecule is CS(=O)(=O)c1c(Br)cccc1I. The molecular weight excluding hydrogens is 355 g/mol. The van der Waals surface area contributed by atoms with Crippen LogP contribution in [0.4, 0.5) is 0 Å². The summed E-state index contributed by atoms with van der Waals surface area (Å²) in [5.74, 6) is 0. The van der Waals surface area contributed by atoms with Crippen LogP contribution in [0.2, 0.25) is 0 Å². The molecule has 0 atom stereocenters. The van der Waals surface area contributed by atoms with Gasteiger partial charge in [0.05, 0.1) is 4.90 Å². The van der Waals surface area contributed by atoms with E-state index in [1.165, 1.54) is 6.26 Å². The molecule has 0 bridgehead atoms. The maximum Gasteiger partial charge on any atom is 0.177 e. The van der Waals surface area contributed by atoms with Crippen LogP contribution < -0.4 is 0 Å². The quantitative estimate of drug-likeness (QED) is 0.721. The van der Waals surface area contributed by atoms with Gasteiger partial charge in [0.15, 0.2) is 9.84 Å². The molecule has 2 nitrogen and oxygen atoms in total. The topological polar surface area (TPSA) is 34.1 Å². The molecule has 0 unspecified atom stereocenters. The van der Waals surface area contributed by atoms with Gasteiger partial charge in [-0.1, -0.05) is 6.07 Å². The molecule has 0 heterocycles. The van der Waals surface area contributed by atoms with Gasteiger partial charge in [-0.3, -0.25) is 0 Å². The number of rotatable bonds is 1. The number of hydrogen-bond donors (Lipinski definition) is 0. The molecule has 1 rings (SSSR count). The van der Waals surface area contributed by atoms with Crippen LogP contribution in [-0.2, 0) is 9.84 Å². The van der Waals surface area contributed by atoms with Gasteiger partial charge in [-0.25, -0.2) is 8.42 Å². The fourth-order valence-electron chi connectivity index (χ4n) is 0.837. The summed E-state index contributed by atoms with van der Waals surface area (Å²) in [6, 6.07) is 5.29. The van der Waals surface area contributed by atoms with Gasteiger partial charge in [0.2, 0.25) is 0 Å². The van der Waals surface area contributed by atoms with Crippen LogP contribution >= 0.6 is 38.5 Å². The number of benzene rings is 1. The van der Waals surface area contributed by atoms with E-state index in [-0.39, 0.29) is 0 Å². The van der Waals surface area contributed by atoms with Gasteiger partial charge in [0, 0.05) is 14.3 Å². The Labute approximate surface area is 93.6 Å². The van der Waals surface area contributed by atoms with Gasteiger partial charge in [-0.2, -0.15) is 0 Å². The van der Waals surface area contributed by atoms with Gasteiger partial charge in [0.25, 0.3) is 0 Å². The molecule has 0 radical (unpaired) electrons. The minimum Gasteiger partial charge on any atom is -0.224 e. The van der Waals surface area contributed by atoms with Crippen molar-refractivity contribution in [1.82, 2.24) is 0 Å². The van der Waals surface area contributed by atoms with Gasteiger partial charge in [-0.05, 0) is 50.7 Å². The predicted molar refractivity (Wildman–Crippen MR) is 60.0 cm³/mol. The van der Waals surface area contributed by atoms with E-state index in [0.717, 1.165) is 3.57 Å². The van der Waals surface area contributed by atoms with Crippen molar-refractivity contribution in [2.24, 2.45) is 0 Å². The maximum absolute atomic E-state index is 11.2. The summed E-state index contributed by atoms with van der Waals surface area (Å²) in [4.78, 5) is 0.366. The van der Waals surface area contributed by atoms with Crippen LogP contribution in [0.3, 0.4) is 0 Å². The van der Waals surface area contributed by atoms with Crippen LogP contribution in [-0.4, -0.2) is 14.7 Å². The Morgan fingerprint density at radius 1 is 1.42 bits per heavy atom. The van der Waals surface area contributed by atoms with Crippen molar-refractivity contribution in [2.75, 3.05) is 6.26 Å². The van der Waals surface area contributed by atoms with Crippen LogP contribution in [0, 0.1) is 3.57 Å². The highest BCUT2D eigenvalue weighted by atomic mass is 127. The molecular formula is C7H6BrIO2S. The third-order valence-corrected chi connectivity index (χ3v) is 4.66. The molecule has 0 saturated carbocycles. The summed E-state index contributed by atoms with van der Waals surface area (Å²) in [7, 11) is -3.12. The normalized spacial score (nSPS) is 11.6. The molecule has 12 heavy (non-hydrogen) atoms. The van der Waals surface area contributed by atoms with Crippen LogP contribution in [0.25, 0.3) is 0 Å². The molecule has 0 saturated heterocycles. The van der Waals surface area contributed by atoms with E-state index < -0.39 is 9.84 Å². The predicted octanol–water partition coefficient (Wildman–Crippen LogP) is 2.46. The molecule has 0 fully saturated rings. The zero-order chi connectivity index (χ0) is 9.35. The molecule has 0 aliphatic carbocycles. The molecule has 1 aromatic carbocycles. The maximum atomic E-state index is 11.2. The van der Waals surface area contributed by atoms with Crippen LogP contribution in [0.1, 0.15) is 0 Å². The summed E-state index contributed by atoms with van der Waals surface area (Å²) in [5.41, 5.74) is 0. The molecule has 0 N–H and O–H groups in total. The fourth-order valence-corrected chi connectivity index (χ4v) is 5.00. The molecule has 66 valence electrons. The van der Waals surface area contributed by atoms with Crippen molar-refractivity contribution in [3.8, 4) is 0 Å². The third kappa shape index (κ3) is 2.20. The molecule has 0 aliphatic heterocycles. The van der Waals surface area contributed by atoms with E-state index in [1.54, 1.807) is 18.2 Å². The molecule has 0 spiro atoms. The van der Waals surface area contributed by atoms with Crippen LogP contribution in [0.5, 0.6) is 0 Å². The largest absolute Gasteiger partial charge is 0.224 e. The van der Waals surface area contributed by atoms with Crippen molar-refractivity contribution in [2.45, 2.75) is 4.90 Å². The molecule has 5 heteroatoms. The highest BCUT2D eigenvalue weighted by Crippen LogP contribution is 2.26. The van der Waals surface area contributed by atoms with E-state index in [2.05, 4.69) is 15.9 Å². The van der Waals surface area contributed by atoms with Gasteiger partial charge >= 0.3 is 0 Å². The second kappa shape index (κ2) is 3.63. The first-order chi connectivity index (χ1) is 5.43. The standard InChI is InChI=1S/C7H6BrIO2S/c1-12(10,11)7-5(8)3-2-4-6(7)9/h2-4H,1H3. The highest BCUT2D eigenvalue weighted by molar-refractivity contribution is 14.1. The average molecular weight is 361 g/mol. The Bertz CT molecular complexity index is 380. The summed E-state index contributed by atoms with van der Waals surface area (Å²) < 4.78 is 23.8. The Kier molecular flexibility index (Phi) is 3.16. The number of halogens is 2.